The van der Waals surface area contributed by atoms with Crippen molar-refractivity contribution in [3.63, 3.8) is 0 Å². The molecule has 0 saturated carbocycles. The molecule has 3 amide bonds. The highest BCUT2D eigenvalue weighted by molar-refractivity contribution is 5.92. The summed E-state index contributed by atoms with van der Waals surface area (Å²) in [6.45, 7) is 1.02. The van der Waals surface area contributed by atoms with Crippen LogP contribution in [-0.4, -0.2) is 67.2 Å². The van der Waals surface area contributed by atoms with E-state index < -0.39 is 12.8 Å². The normalized spacial score (nSPS) is 14.6. The fourth-order valence-electron chi connectivity index (χ4n) is 3.37. The molecule has 34 heavy (non-hydrogen) atoms. The molecule has 11 heteroatoms. The lowest BCUT2D eigenvalue weighted by molar-refractivity contribution is -0.176. The van der Waals surface area contributed by atoms with Gasteiger partial charge in [-0.05, 0) is 35.4 Å². The van der Waals surface area contributed by atoms with E-state index in [1.54, 1.807) is 29.2 Å². The first-order valence-electron chi connectivity index (χ1n) is 10.7. The van der Waals surface area contributed by atoms with E-state index in [0.29, 0.717) is 37.4 Å². The van der Waals surface area contributed by atoms with Crippen LogP contribution in [0.3, 0.4) is 0 Å². The van der Waals surface area contributed by atoms with Crippen molar-refractivity contribution in [2.75, 3.05) is 44.6 Å². The molecule has 1 aliphatic rings. The molecular formula is C23H26F4N4O3. The third kappa shape index (κ3) is 8.64. The number of carbonyl (C=O) groups excluding carboxylic acids is 2. The zero-order valence-electron chi connectivity index (χ0n) is 18.4. The van der Waals surface area contributed by atoms with Crippen molar-refractivity contribution in [2.24, 2.45) is 0 Å². The molecule has 1 fully saturated rings. The van der Waals surface area contributed by atoms with Gasteiger partial charge in [-0.3, -0.25) is 9.69 Å². The highest BCUT2D eigenvalue weighted by Gasteiger charge is 2.27. The van der Waals surface area contributed by atoms with Crippen LogP contribution in [0, 0.1) is 5.82 Å². The van der Waals surface area contributed by atoms with Crippen molar-refractivity contribution < 1.29 is 31.9 Å². The Kier molecular flexibility index (Phi) is 8.83. The van der Waals surface area contributed by atoms with E-state index in [9.17, 15) is 27.2 Å². The average molecular weight is 482 g/mol. The summed E-state index contributed by atoms with van der Waals surface area (Å²) in [7, 11) is 0. The first kappa shape index (κ1) is 25.4. The minimum Gasteiger partial charge on any atom is -0.367 e. The number of alkyl halides is 3. The van der Waals surface area contributed by atoms with Crippen LogP contribution in [0.4, 0.5) is 28.0 Å². The highest BCUT2D eigenvalue weighted by atomic mass is 19.4. The third-order valence-electron chi connectivity index (χ3n) is 5.16. The second kappa shape index (κ2) is 11.8. The van der Waals surface area contributed by atoms with E-state index in [1.807, 2.05) is 4.90 Å². The number of ether oxygens (including phenoxy) is 1. The van der Waals surface area contributed by atoms with Gasteiger partial charge in [-0.2, -0.15) is 13.2 Å². The summed E-state index contributed by atoms with van der Waals surface area (Å²) in [5.74, 6) is -0.587. The summed E-state index contributed by atoms with van der Waals surface area (Å²) in [6.07, 6.45) is -4.36. The van der Waals surface area contributed by atoms with Crippen molar-refractivity contribution in [1.82, 2.24) is 15.1 Å². The number of amides is 3. The van der Waals surface area contributed by atoms with Crippen LogP contribution >= 0.6 is 0 Å². The number of anilines is 1. The second-order valence-electron chi connectivity index (χ2n) is 7.90. The lowest BCUT2D eigenvalue weighted by Crippen LogP contribution is -2.52. The van der Waals surface area contributed by atoms with Crippen LogP contribution in [0.15, 0.2) is 48.5 Å². The molecule has 2 aromatic rings. The summed E-state index contributed by atoms with van der Waals surface area (Å²) in [5, 5.41) is 5.54. The molecule has 1 heterocycles. The van der Waals surface area contributed by atoms with Crippen LogP contribution in [0.1, 0.15) is 11.1 Å². The Morgan fingerprint density at radius 3 is 2.15 bits per heavy atom. The summed E-state index contributed by atoms with van der Waals surface area (Å²) in [5.41, 5.74) is 1.94. The molecule has 1 aliphatic heterocycles. The highest BCUT2D eigenvalue weighted by Crippen LogP contribution is 2.16. The maximum absolute atomic E-state index is 12.9. The third-order valence-corrected chi connectivity index (χ3v) is 5.16. The first-order chi connectivity index (χ1) is 16.2. The summed E-state index contributed by atoms with van der Waals surface area (Å²) in [4.78, 5) is 28.2. The summed E-state index contributed by atoms with van der Waals surface area (Å²) in [6, 6.07) is 12.1. The van der Waals surface area contributed by atoms with Gasteiger partial charge in [0.2, 0.25) is 5.91 Å². The molecule has 0 bridgehead atoms. The Labute approximate surface area is 194 Å². The van der Waals surface area contributed by atoms with Gasteiger partial charge in [0.25, 0.3) is 0 Å². The van der Waals surface area contributed by atoms with Gasteiger partial charge in [0.15, 0.2) is 0 Å². The molecule has 0 atom stereocenters. The number of hydrogen-bond donors (Lipinski definition) is 2. The Bertz CT molecular complexity index is 944. The largest absolute Gasteiger partial charge is 0.411 e. The molecule has 7 nitrogen and oxygen atoms in total. The number of nitrogens with zero attached hydrogens (tertiary/aromatic N) is 2. The maximum atomic E-state index is 12.9. The van der Waals surface area contributed by atoms with Gasteiger partial charge < -0.3 is 20.3 Å². The lowest BCUT2D eigenvalue weighted by Gasteiger charge is -2.34. The predicted molar refractivity (Wildman–Crippen MR) is 117 cm³/mol. The number of piperazine rings is 1. The molecule has 184 valence electrons. The number of hydrogen-bond acceptors (Lipinski definition) is 4. The van der Waals surface area contributed by atoms with E-state index in [0.717, 1.165) is 5.56 Å². The van der Waals surface area contributed by atoms with Crippen molar-refractivity contribution in [1.29, 1.82) is 0 Å². The minimum absolute atomic E-state index is 0.141. The number of urea groups is 1. The van der Waals surface area contributed by atoms with Crippen LogP contribution in [0.25, 0.3) is 0 Å². The molecule has 0 unspecified atom stereocenters. The Hall–Kier alpha value is -3.18. The van der Waals surface area contributed by atoms with Crippen LogP contribution in [0.5, 0.6) is 0 Å². The average Bonchev–Trinajstić information content (AvgIpc) is 2.79. The second-order valence-corrected chi connectivity index (χ2v) is 7.90. The van der Waals surface area contributed by atoms with E-state index >= 15 is 0 Å². The Morgan fingerprint density at radius 1 is 0.912 bits per heavy atom. The van der Waals surface area contributed by atoms with Gasteiger partial charge in [0.1, 0.15) is 12.4 Å². The Balaban J connectivity index is 1.34. The van der Waals surface area contributed by atoms with Gasteiger partial charge in [-0.15, -0.1) is 0 Å². The topological polar surface area (TPSA) is 73.9 Å². The van der Waals surface area contributed by atoms with Crippen molar-refractivity contribution in [2.45, 2.75) is 19.3 Å². The monoisotopic (exact) mass is 482 g/mol. The van der Waals surface area contributed by atoms with Gasteiger partial charge in [0.05, 0.1) is 13.2 Å². The maximum Gasteiger partial charge on any atom is 0.411 e. The first-order valence-corrected chi connectivity index (χ1v) is 10.7. The number of rotatable bonds is 8. The van der Waals surface area contributed by atoms with E-state index in [1.165, 1.54) is 24.3 Å². The SMILES string of the molecule is O=C(CN1CCN(C(=O)NCc2ccc(COCC(F)(F)F)cc2)CC1)Nc1ccc(F)cc1. The standard InChI is InChI=1S/C23H26F4N4O3/c24-19-5-7-20(8-6-19)29-21(32)14-30-9-11-31(12-10-30)22(33)28-13-17-1-3-18(4-2-17)15-34-16-23(25,26)27/h1-8H,9-16H2,(H,28,33)(H,29,32). The molecule has 0 spiro atoms. The number of nitrogens with one attached hydrogen (secondary N) is 2. The van der Waals surface area contributed by atoms with Crippen LogP contribution in [0.2, 0.25) is 0 Å². The summed E-state index contributed by atoms with van der Waals surface area (Å²) < 4.78 is 53.9. The zero-order valence-corrected chi connectivity index (χ0v) is 18.4. The predicted octanol–water partition coefficient (Wildman–Crippen LogP) is 3.37. The smallest absolute Gasteiger partial charge is 0.367 e. The van der Waals surface area contributed by atoms with Crippen molar-refractivity contribution in [3.8, 4) is 0 Å². The number of halogens is 4. The number of benzene rings is 2. The van der Waals surface area contributed by atoms with E-state index in [2.05, 4.69) is 15.4 Å². The van der Waals surface area contributed by atoms with E-state index in [4.69, 9.17) is 0 Å². The van der Waals surface area contributed by atoms with Crippen LogP contribution < -0.4 is 10.6 Å². The fourth-order valence-corrected chi connectivity index (χ4v) is 3.37. The molecule has 0 aliphatic carbocycles. The summed E-state index contributed by atoms with van der Waals surface area (Å²) >= 11 is 0. The molecule has 1 saturated heterocycles. The Morgan fingerprint density at radius 2 is 1.53 bits per heavy atom. The lowest BCUT2D eigenvalue weighted by atomic mass is 10.1. The van der Waals surface area contributed by atoms with Gasteiger partial charge in [0, 0.05) is 38.4 Å². The minimum atomic E-state index is -4.36. The van der Waals surface area contributed by atoms with E-state index in [-0.39, 0.29) is 37.5 Å². The van der Waals surface area contributed by atoms with Crippen molar-refractivity contribution in [3.05, 3.63) is 65.5 Å². The molecule has 2 N–H and O–H groups in total. The van der Waals surface area contributed by atoms with Crippen molar-refractivity contribution >= 4 is 17.6 Å². The van der Waals surface area contributed by atoms with Gasteiger partial charge in [-0.1, -0.05) is 24.3 Å². The van der Waals surface area contributed by atoms with Gasteiger partial charge in [-0.25, -0.2) is 9.18 Å². The molecular weight excluding hydrogens is 456 g/mol. The molecule has 2 aromatic carbocycles. The fraction of sp³-hybridized carbons (Fsp3) is 0.391. The zero-order chi connectivity index (χ0) is 24.6. The molecule has 0 aromatic heterocycles. The number of carbonyl (C=O) groups is 2. The van der Waals surface area contributed by atoms with Gasteiger partial charge >= 0.3 is 12.2 Å². The quantitative estimate of drug-likeness (QED) is 0.566. The van der Waals surface area contributed by atoms with Crippen LogP contribution in [-0.2, 0) is 22.7 Å². The molecule has 3 rings (SSSR count). The molecule has 0 radical (unpaired) electrons.